The highest BCUT2D eigenvalue weighted by Gasteiger charge is 2.38. The number of rotatable bonds is 11. The lowest BCUT2D eigenvalue weighted by Gasteiger charge is -2.37. The molecule has 1 aliphatic heterocycles. The summed E-state index contributed by atoms with van der Waals surface area (Å²) in [6, 6.07) is 11.1. The summed E-state index contributed by atoms with van der Waals surface area (Å²) in [6.07, 6.45) is 6.58. The molecule has 1 fully saturated rings. The summed E-state index contributed by atoms with van der Waals surface area (Å²) in [6.45, 7) is 13.3. The number of primary amides is 1. The van der Waals surface area contributed by atoms with E-state index in [0.29, 0.717) is 12.1 Å². The topological polar surface area (TPSA) is 49.6 Å². The SMILES string of the molecule is CC(C)N(CCC(CCCN1CCCCC1)(C(N)=O)c1ccccc1)C(C)C. The van der Waals surface area contributed by atoms with E-state index in [-0.39, 0.29) is 5.91 Å². The summed E-state index contributed by atoms with van der Waals surface area (Å²) in [5.41, 5.74) is 6.58. The zero-order chi connectivity index (χ0) is 20.6. The molecule has 0 bridgehead atoms. The van der Waals surface area contributed by atoms with Gasteiger partial charge in [-0.1, -0.05) is 36.8 Å². The number of carbonyl (C=O) groups excluding carboxylic acids is 1. The highest BCUT2D eigenvalue weighted by molar-refractivity contribution is 5.86. The molecule has 0 aliphatic carbocycles. The van der Waals surface area contributed by atoms with Crippen molar-refractivity contribution in [2.24, 2.45) is 5.73 Å². The molecule has 28 heavy (non-hydrogen) atoms. The van der Waals surface area contributed by atoms with E-state index in [1.54, 1.807) is 0 Å². The number of likely N-dealkylation sites (tertiary alicyclic amines) is 1. The van der Waals surface area contributed by atoms with Crippen molar-refractivity contribution in [2.75, 3.05) is 26.2 Å². The van der Waals surface area contributed by atoms with Crippen LogP contribution in [0.1, 0.15) is 71.8 Å². The number of hydrogen-bond acceptors (Lipinski definition) is 3. The molecule has 0 aromatic heterocycles. The van der Waals surface area contributed by atoms with Crippen molar-refractivity contribution in [1.29, 1.82) is 0 Å². The van der Waals surface area contributed by atoms with E-state index >= 15 is 0 Å². The summed E-state index contributed by atoms with van der Waals surface area (Å²) < 4.78 is 0. The van der Waals surface area contributed by atoms with Gasteiger partial charge in [0.25, 0.3) is 0 Å². The molecule has 0 radical (unpaired) electrons. The van der Waals surface area contributed by atoms with Crippen LogP contribution in [-0.4, -0.2) is 54.0 Å². The lowest BCUT2D eigenvalue weighted by atomic mass is 9.73. The van der Waals surface area contributed by atoms with Crippen LogP contribution in [0.2, 0.25) is 0 Å². The molecular formula is C24H41N3O. The maximum atomic E-state index is 12.8. The third-order valence-electron chi connectivity index (χ3n) is 6.45. The average molecular weight is 388 g/mol. The number of nitrogens with zero attached hydrogens (tertiary/aromatic N) is 2. The van der Waals surface area contributed by atoms with Gasteiger partial charge in [-0.25, -0.2) is 0 Å². The minimum Gasteiger partial charge on any atom is -0.369 e. The fraction of sp³-hybridized carbons (Fsp3) is 0.708. The number of nitrogens with two attached hydrogens (primary N) is 1. The van der Waals surface area contributed by atoms with Crippen LogP contribution in [0.5, 0.6) is 0 Å². The Balaban J connectivity index is 2.16. The first-order chi connectivity index (χ1) is 13.4. The Hall–Kier alpha value is -1.39. The van der Waals surface area contributed by atoms with E-state index in [1.165, 1.54) is 32.4 Å². The molecule has 1 unspecified atom stereocenters. The standard InChI is InChI=1S/C24H41N3O/c1-20(2)27(21(3)4)19-15-24(23(25)28,22-12-7-5-8-13-22)14-11-18-26-16-9-6-10-17-26/h5,7-8,12-13,20-21H,6,9-11,14-19H2,1-4H3,(H2,25,28). The maximum absolute atomic E-state index is 12.8. The van der Waals surface area contributed by atoms with Gasteiger partial charge in [0, 0.05) is 18.6 Å². The Bertz CT molecular complexity index is 573. The van der Waals surface area contributed by atoms with Crippen molar-refractivity contribution in [2.45, 2.75) is 83.7 Å². The Morgan fingerprint density at radius 1 is 1.04 bits per heavy atom. The zero-order valence-electron chi connectivity index (χ0n) is 18.5. The Labute approximate surface area is 172 Å². The summed E-state index contributed by atoms with van der Waals surface area (Å²) in [4.78, 5) is 17.9. The first-order valence-corrected chi connectivity index (χ1v) is 11.2. The highest BCUT2D eigenvalue weighted by Crippen LogP contribution is 2.34. The van der Waals surface area contributed by atoms with Crippen LogP contribution < -0.4 is 5.73 Å². The predicted octanol–water partition coefficient (Wildman–Crippen LogP) is 4.18. The van der Waals surface area contributed by atoms with Gasteiger partial charge >= 0.3 is 0 Å². The van der Waals surface area contributed by atoms with Crippen molar-refractivity contribution >= 4 is 5.91 Å². The van der Waals surface area contributed by atoms with Gasteiger partial charge in [0.05, 0.1) is 5.41 Å². The largest absolute Gasteiger partial charge is 0.369 e. The monoisotopic (exact) mass is 387 g/mol. The molecule has 1 aromatic carbocycles. The molecule has 0 spiro atoms. The number of hydrogen-bond donors (Lipinski definition) is 1. The highest BCUT2D eigenvalue weighted by atomic mass is 16.1. The summed E-state index contributed by atoms with van der Waals surface area (Å²) >= 11 is 0. The van der Waals surface area contributed by atoms with Crippen molar-refractivity contribution in [3.63, 3.8) is 0 Å². The number of benzene rings is 1. The molecule has 1 aliphatic rings. The van der Waals surface area contributed by atoms with Crippen molar-refractivity contribution < 1.29 is 4.79 Å². The fourth-order valence-electron chi connectivity index (χ4n) is 4.78. The maximum Gasteiger partial charge on any atom is 0.228 e. The van der Waals surface area contributed by atoms with Gasteiger partial charge in [-0.05, 0) is 85.0 Å². The Morgan fingerprint density at radius 3 is 2.18 bits per heavy atom. The van der Waals surface area contributed by atoms with Crippen LogP contribution in [0.3, 0.4) is 0 Å². The lowest BCUT2D eigenvalue weighted by molar-refractivity contribution is -0.124. The number of amides is 1. The lowest BCUT2D eigenvalue weighted by Crippen LogP contribution is -2.47. The molecule has 1 amide bonds. The van der Waals surface area contributed by atoms with E-state index in [0.717, 1.165) is 37.9 Å². The molecule has 4 heteroatoms. The Morgan fingerprint density at radius 2 is 1.64 bits per heavy atom. The number of piperidine rings is 1. The normalized spacial score (nSPS) is 18.0. The first-order valence-electron chi connectivity index (χ1n) is 11.2. The first kappa shape index (κ1) is 22.9. The molecule has 2 rings (SSSR count). The minimum absolute atomic E-state index is 0.176. The van der Waals surface area contributed by atoms with E-state index in [9.17, 15) is 4.79 Å². The smallest absolute Gasteiger partial charge is 0.228 e. The molecule has 1 saturated heterocycles. The van der Waals surface area contributed by atoms with Crippen LogP contribution in [-0.2, 0) is 10.2 Å². The average Bonchev–Trinajstić information content (AvgIpc) is 2.67. The number of carbonyl (C=O) groups is 1. The zero-order valence-corrected chi connectivity index (χ0v) is 18.5. The quantitative estimate of drug-likeness (QED) is 0.619. The second-order valence-electron chi connectivity index (χ2n) is 8.99. The van der Waals surface area contributed by atoms with Crippen LogP contribution >= 0.6 is 0 Å². The molecule has 2 N–H and O–H groups in total. The summed E-state index contributed by atoms with van der Waals surface area (Å²) in [5, 5.41) is 0. The molecule has 1 atom stereocenters. The summed E-state index contributed by atoms with van der Waals surface area (Å²) in [5.74, 6) is -0.176. The van der Waals surface area contributed by atoms with Gasteiger partial charge in [-0.3, -0.25) is 9.69 Å². The molecule has 4 nitrogen and oxygen atoms in total. The predicted molar refractivity (Wildman–Crippen MR) is 118 cm³/mol. The second kappa shape index (κ2) is 11.0. The fourth-order valence-corrected chi connectivity index (χ4v) is 4.78. The van der Waals surface area contributed by atoms with Gasteiger partial charge in [0.15, 0.2) is 0 Å². The third kappa shape index (κ3) is 6.05. The third-order valence-corrected chi connectivity index (χ3v) is 6.45. The van der Waals surface area contributed by atoms with E-state index in [1.807, 2.05) is 18.2 Å². The van der Waals surface area contributed by atoms with Crippen LogP contribution in [0.4, 0.5) is 0 Å². The van der Waals surface area contributed by atoms with Gasteiger partial charge in [0.1, 0.15) is 0 Å². The van der Waals surface area contributed by atoms with Crippen LogP contribution in [0, 0.1) is 0 Å². The van der Waals surface area contributed by atoms with Crippen molar-refractivity contribution in [3.8, 4) is 0 Å². The summed E-state index contributed by atoms with van der Waals surface area (Å²) in [7, 11) is 0. The van der Waals surface area contributed by atoms with Gasteiger partial charge < -0.3 is 10.6 Å². The van der Waals surface area contributed by atoms with Crippen LogP contribution in [0.25, 0.3) is 0 Å². The van der Waals surface area contributed by atoms with E-state index in [2.05, 4.69) is 49.6 Å². The van der Waals surface area contributed by atoms with Crippen molar-refractivity contribution in [3.05, 3.63) is 35.9 Å². The molecule has 158 valence electrons. The van der Waals surface area contributed by atoms with Crippen molar-refractivity contribution in [1.82, 2.24) is 9.80 Å². The van der Waals surface area contributed by atoms with E-state index in [4.69, 9.17) is 5.73 Å². The van der Waals surface area contributed by atoms with Gasteiger partial charge in [-0.15, -0.1) is 0 Å². The molecule has 1 aromatic rings. The molecule has 1 heterocycles. The Kier molecular flexibility index (Phi) is 8.97. The van der Waals surface area contributed by atoms with Crippen LogP contribution in [0.15, 0.2) is 30.3 Å². The minimum atomic E-state index is -0.584. The molecule has 0 saturated carbocycles. The van der Waals surface area contributed by atoms with Gasteiger partial charge in [0.2, 0.25) is 5.91 Å². The second-order valence-corrected chi connectivity index (χ2v) is 8.99. The van der Waals surface area contributed by atoms with E-state index < -0.39 is 5.41 Å². The van der Waals surface area contributed by atoms with Gasteiger partial charge in [-0.2, -0.15) is 0 Å². The molecular weight excluding hydrogens is 346 g/mol.